The van der Waals surface area contributed by atoms with E-state index in [4.69, 9.17) is 10.5 Å². The molecule has 1 atom stereocenters. The Balaban J connectivity index is 1.99. The van der Waals surface area contributed by atoms with Crippen LogP contribution >= 0.6 is 27.3 Å². The molecule has 1 aliphatic heterocycles. The smallest absolute Gasteiger partial charge is 0.0599 e. The third-order valence-corrected chi connectivity index (χ3v) is 5.99. The molecule has 1 saturated heterocycles. The van der Waals surface area contributed by atoms with E-state index < -0.39 is 0 Å². The Bertz CT molecular complexity index is 383. The van der Waals surface area contributed by atoms with E-state index in [1.165, 1.54) is 14.2 Å². The van der Waals surface area contributed by atoms with Gasteiger partial charge in [0.05, 0.1) is 12.1 Å². The standard InChI is InChI=1S/C14H23BrN2OS/c1-3-18-11-4-6-17(7-5-11)13(9-16)14-8-12(15)10(2)19-14/h8,11,13H,3-7,9,16H2,1-2H3. The number of likely N-dealkylation sites (tertiary alicyclic amines) is 1. The fraction of sp³-hybridized carbons (Fsp3) is 0.714. The Morgan fingerprint density at radius 1 is 1.53 bits per heavy atom. The molecule has 2 rings (SSSR count). The SMILES string of the molecule is CCOC1CCN(C(CN)c2cc(Br)c(C)s2)CC1. The van der Waals surface area contributed by atoms with Crippen LogP contribution in [0.1, 0.15) is 35.6 Å². The highest BCUT2D eigenvalue weighted by atomic mass is 79.9. The zero-order valence-electron chi connectivity index (χ0n) is 11.7. The lowest BCUT2D eigenvalue weighted by atomic mass is 10.0. The number of aryl methyl sites for hydroxylation is 1. The van der Waals surface area contributed by atoms with Crippen LogP contribution < -0.4 is 5.73 Å². The van der Waals surface area contributed by atoms with E-state index in [9.17, 15) is 0 Å². The summed E-state index contributed by atoms with van der Waals surface area (Å²) in [5.74, 6) is 0. The lowest BCUT2D eigenvalue weighted by Gasteiger charge is -2.36. The van der Waals surface area contributed by atoms with Gasteiger partial charge in [-0.1, -0.05) is 0 Å². The van der Waals surface area contributed by atoms with Gasteiger partial charge in [-0.3, -0.25) is 4.90 Å². The maximum Gasteiger partial charge on any atom is 0.0599 e. The van der Waals surface area contributed by atoms with Crippen molar-refractivity contribution < 1.29 is 4.74 Å². The number of hydrogen-bond donors (Lipinski definition) is 1. The van der Waals surface area contributed by atoms with Gasteiger partial charge in [-0.2, -0.15) is 0 Å². The molecule has 2 heterocycles. The predicted molar refractivity (Wildman–Crippen MR) is 84.8 cm³/mol. The lowest BCUT2D eigenvalue weighted by molar-refractivity contribution is 0.00488. The van der Waals surface area contributed by atoms with Crippen molar-refractivity contribution in [3.8, 4) is 0 Å². The summed E-state index contributed by atoms with van der Waals surface area (Å²) in [5.41, 5.74) is 6.01. The zero-order chi connectivity index (χ0) is 13.8. The van der Waals surface area contributed by atoms with E-state index in [1.54, 1.807) is 0 Å². The van der Waals surface area contributed by atoms with Gasteiger partial charge in [0.1, 0.15) is 0 Å². The maximum absolute atomic E-state index is 6.01. The normalized spacial score (nSPS) is 19.8. The van der Waals surface area contributed by atoms with Crippen molar-refractivity contribution in [2.45, 2.75) is 38.8 Å². The number of hydrogen-bond acceptors (Lipinski definition) is 4. The van der Waals surface area contributed by atoms with Crippen molar-refractivity contribution in [2.24, 2.45) is 5.73 Å². The van der Waals surface area contributed by atoms with Crippen molar-refractivity contribution in [2.75, 3.05) is 26.2 Å². The summed E-state index contributed by atoms with van der Waals surface area (Å²) in [5, 5.41) is 0. The average molecular weight is 347 g/mol. The molecule has 1 aliphatic rings. The minimum atomic E-state index is 0.359. The predicted octanol–water partition coefficient (Wildman–Crippen LogP) is 3.32. The van der Waals surface area contributed by atoms with Gasteiger partial charge in [-0.15, -0.1) is 11.3 Å². The first-order chi connectivity index (χ1) is 9.15. The summed E-state index contributed by atoms with van der Waals surface area (Å²) in [6.45, 7) is 7.89. The van der Waals surface area contributed by atoms with Crippen LogP contribution in [0.5, 0.6) is 0 Å². The fourth-order valence-corrected chi connectivity index (χ4v) is 4.39. The highest BCUT2D eigenvalue weighted by molar-refractivity contribution is 9.10. The van der Waals surface area contributed by atoms with Crippen LogP contribution in [-0.4, -0.2) is 37.2 Å². The number of halogens is 1. The Kier molecular flexibility index (Phi) is 5.84. The maximum atomic E-state index is 6.01. The fourth-order valence-electron chi connectivity index (χ4n) is 2.68. The van der Waals surface area contributed by atoms with Crippen LogP contribution in [0.25, 0.3) is 0 Å². The molecule has 0 amide bonds. The Hall–Kier alpha value is 0.0600. The summed E-state index contributed by atoms with van der Waals surface area (Å²) in [6.07, 6.45) is 2.68. The molecule has 1 aromatic heterocycles. The largest absolute Gasteiger partial charge is 0.378 e. The topological polar surface area (TPSA) is 38.5 Å². The third kappa shape index (κ3) is 3.79. The van der Waals surface area contributed by atoms with E-state index >= 15 is 0 Å². The molecule has 1 unspecified atom stereocenters. The highest BCUT2D eigenvalue weighted by Gasteiger charge is 2.26. The number of rotatable bonds is 5. The third-order valence-electron chi connectivity index (χ3n) is 3.75. The summed E-state index contributed by atoms with van der Waals surface area (Å²) in [6, 6.07) is 2.59. The van der Waals surface area contributed by atoms with E-state index in [-0.39, 0.29) is 0 Å². The highest BCUT2D eigenvalue weighted by Crippen LogP contribution is 2.34. The molecule has 0 saturated carbocycles. The summed E-state index contributed by atoms with van der Waals surface area (Å²) in [4.78, 5) is 5.21. The molecule has 19 heavy (non-hydrogen) atoms. The van der Waals surface area contributed by atoms with Crippen molar-refractivity contribution in [1.82, 2.24) is 4.90 Å². The molecular weight excluding hydrogens is 324 g/mol. The molecule has 0 bridgehead atoms. The van der Waals surface area contributed by atoms with Crippen molar-refractivity contribution in [1.29, 1.82) is 0 Å². The second-order valence-electron chi connectivity index (χ2n) is 5.00. The second kappa shape index (κ2) is 7.18. The number of nitrogens with zero attached hydrogens (tertiary/aromatic N) is 1. The molecule has 1 aromatic rings. The zero-order valence-corrected chi connectivity index (χ0v) is 14.1. The van der Waals surface area contributed by atoms with E-state index in [1.807, 2.05) is 11.3 Å². The van der Waals surface area contributed by atoms with Gasteiger partial charge in [0, 0.05) is 40.5 Å². The molecule has 108 valence electrons. The van der Waals surface area contributed by atoms with Gasteiger partial charge in [0.2, 0.25) is 0 Å². The van der Waals surface area contributed by atoms with Crippen molar-refractivity contribution >= 4 is 27.3 Å². The molecule has 2 N–H and O–H groups in total. The van der Waals surface area contributed by atoms with E-state index in [2.05, 4.69) is 40.7 Å². The van der Waals surface area contributed by atoms with Gasteiger partial charge in [-0.25, -0.2) is 0 Å². The van der Waals surface area contributed by atoms with Gasteiger partial charge < -0.3 is 10.5 Å². The molecule has 0 aliphatic carbocycles. The van der Waals surface area contributed by atoms with Crippen LogP contribution in [0.15, 0.2) is 10.5 Å². The van der Waals surface area contributed by atoms with Crippen LogP contribution in [0.4, 0.5) is 0 Å². The van der Waals surface area contributed by atoms with Crippen molar-refractivity contribution in [3.63, 3.8) is 0 Å². The minimum Gasteiger partial charge on any atom is -0.378 e. The summed E-state index contributed by atoms with van der Waals surface area (Å²) < 4.78 is 6.91. The van der Waals surface area contributed by atoms with E-state index in [0.29, 0.717) is 18.7 Å². The van der Waals surface area contributed by atoms with Crippen LogP contribution in [0.3, 0.4) is 0 Å². The molecule has 1 fully saturated rings. The number of ether oxygens (including phenoxy) is 1. The lowest BCUT2D eigenvalue weighted by Crippen LogP contribution is -2.41. The van der Waals surface area contributed by atoms with Gasteiger partial charge in [0.15, 0.2) is 0 Å². The quantitative estimate of drug-likeness (QED) is 0.888. The van der Waals surface area contributed by atoms with Gasteiger partial charge in [0.25, 0.3) is 0 Å². The van der Waals surface area contributed by atoms with Crippen LogP contribution in [0, 0.1) is 6.92 Å². The number of piperidine rings is 1. The number of thiophene rings is 1. The molecule has 5 heteroatoms. The minimum absolute atomic E-state index is 0.359. The second-order valence-corrected chi connectivity index (χ2v) is 7.14. The summed E-state index contributed by atoms with van der Waals surface area (Å²) in [7, 11) is 0. The average Bonchev–Trinajstić information content (AvgIpc) is 2.73. The van der Waals surface area contributed by atoms with Gasteiger partial charge >= 0.3 is 0 Å². The summed E-state index contributed by atoms with van der Waals surface area (Å²) >= 11 is 5.45. The van der Waals surface area contributed by atoms with Crippen LogP contribution in [-0.2, 0) is 4.74 Å². The van der Waals surface area contributed by atoms with Crippen LogP contribution in [0.2, 0.25) is 0 Å². The Morgan fingerprint density at radius 2 is 2.21 bits per heavy atom. The van der Waals surface area contributed by atoms with E-state index in [0.717, 1.165) is 32.5 Å². The monoisotopic (exact) mass is 346 g/mol. The molecular formula is C14H23BrN2OS. The molecule has 0 spiro atoms. The van der Waals surface area contributed by atoms with Gasteiger partial charge in [-0.05, 0) is 48.7 Å². The first kappa shape index (κ1) is 15.4. The first-order valence-corrected chi connectivity index (χ1v) is 8.58. The van der Waals surface area contributed by atoms with Crippen molar-refractivity contribution in [3.05, 3.63) is 20.3 Å². The first-order valence-electron chi connectivity index (χ1n) is 6.97. The Morgan fingerprint density at radius 3 is 2.68 bits per heavy atom. The molecule has 3 nitrogen and oxygen atoms in total. The Labute approximate surface area is 128 Å². The molecule has 0 radical (unpaired) electrons. The molecule has 0 aromatic carbocycles. The number of nitrogens with two attached hydrogens (primary N) is 1.